The Hall–Kier alpha value is -1.46. The van der Waals surface area contributed by atoms with Crippen molar-refractivity contribution in [3.63, 3.8) is 0 Å². The Balaban J connectivity index is 2.53. The molecule has 0 amide bonds. The van der Waals surface area contributed by atoms with Crippen LogP contribution in [-0.4, -0.2) is 35.1 Å². The van der Waals surface area contributed by atoms with Gasteiger partial charge in [0.2, 0.25) is 0 Å². The van der Waals surface area contributed by atoms with Gasteiger partial charge in [0.1, 0.15) is 11.6 Å². The third-order valence-corrected chi connectivity index (χ3v) is 3.47. The van der Waals surface area contributed by atoms with Gasteiger partial charge in [-0.2, -0.15) is 0 Å². The van der Waals surface area contributed by atoms with Crippen molar-refractivity contribution in [1.29, 1.82) is 0 Å². The Bertz CT molecular complexity index is 562. The molecule has 5 heteroatoms. The lowest BCUT2D eigenvalue weighted by atomic mass is 10.2. The molecule has 1 heterocycles. The van der Waals surface area contributed by atoms with E-state index in [-0.39, 0.29) is 11.9 Å². The summed E-state index contributed by atoms with van der Waals surface area (Å²) in [6.45, 7) is 3.54. The third-order valence-electron chi connectivity index (χ3n) is 3.47. The Labute approximate surface area is 113 Å². The summed E-state index contributed by atoms with van der Waals surface area (Å²) in [6, 6.07) is 4.93. The fourth-order valence-electron chi connectivity index (χ4n) is 2.16. The molecule has 1 unspecified atom stereocenters. The molecule has 0 spiro atoms. The molecule has 1 aromatic carbocycles. The second kappa shape index (κ2) is 5.67. The Kier molecular flexibility index (Phi) is 4.17. The molecule has 1 atom stereocenters. The molecule has 0 radical (unpaired) electrons. The summed E-state index contributed by atoms with van der Waals surface area (Å²) >= 11 is 0. The average Bonchev–Trinajstić information content (AvgIpc) is 2.72. The van der Waals surface area contributed by atoms with Gasteiger partial charge in [-0.25, -0.2) is 9.37 Å². The van der Waals surface area contributed by atoms with Crippen molar-refractivity contribution < 1.29 is 4.39 Å². The van der Waals surface area contributed by atoms with Crippen LogP contribution in [-0.2, 0) is 6.54 Å². The van der Waals surface area contributed by atoms with E-state index >= 15 is 0 Å². The number of aromatic nitrogens is 2. The van der Waals surface area contributed by atoms with Crippen molar-refractivity contribution in [2.75, 3.05) is 20.6 Å². The van der Waals surface area contributed by atoms with Gasteiger partial charge in [-0.05, 0) is 46.1 Å². The average molecular weight is 264 g/mol. The molecule has 0 bridgehead atoms. The zero-order chi connectivity index (χ0) is 14.0. The van der Waals surface area contributed by atoms with Gasteiger partial charge in [0.05, 0.1) is 17.1 Å². The standard InChI is InChI=1S/C14H21FN4/c1-10(18(2)3)14-17-12-9-11(15)5-6-13(12)19(14)8-4-7-16/h5-6,9-10H,4,7-8,16H2,1-3H3. The molecule has 0 saturated heterocycles. The second-order valence-electron chi connectivity index (χ2n) is 5.04. The van der Waals surface area contributed by atoms with Gasteiger partial charge in [-0.15, -0.1) is 0 Å². The summed E-state index contributed by atoms with van der Waals surface area (Å²) in [6.07, 6.45) is 0.885. The van der Waals surface area contributed by atoms with Gasteiger partial charge in [0.15, 0.2) is 0 Å². The van der Waals surface area contributed by atoms with Crippen LogP contribution in [0.2, 0.25) is 0 Å². The molecular formula is C14H21FN4. The predicted octanol–water partition coefficient (Wildman–Crippen LogP) is 2.15. The molecule has 0 fully saturated rings. The van der Waals surface area contributed by atoms with E-state index in [1.54, 1.807) is 6.07 Å². The second-order valence-corrected chi connectivity index (χ2v) is 5.04. The normalized spacial score (nSPS) is 13.4. The van der Waals surface area contributed by atoms with Crippen LogP contribution in [0.15, 0.2) is 18.2 Å². The monoisotopic (exact) mass is 264 g/mol. The largest absolute Gasteiger partial charge is 0.330 e. The molecule has 0 aliphatic rings. The Morgan fingerprint density at radius 1 is 1.42 bits per heavy atom. The zero-order valence-corrected chi connectivity index (χ0v) is 11.7. The molecule has 104 valence electrons. The van der Waals surface area contributed by atoms with E-state index in [1.165, 1.54) is 12.1 Å². The topological polar surface area (TPSA) is 47.1 Å². The fraction of sp³-hybridized carbons (Fsp3) is 0.500. The molecular weight excluding hydrogens is 243 g/mol. The highest BCUT2D eigenvalue weighted by molar-refractivity contribution is 5.76. The van der Waals surface area contributed by atoms with Crippen LogP contribution >= 0.6 is 0 Å². The van der Waals surface area contributed by atoms with Gasteiger partial charge >= 0.3 is 0 Å². The van der Waals surface area contributed by atoms with Crippen LogP contribution in [0, 0.1) is 5.82 Å². The molecule has 4 nitrogen and oxygen atoms in total. The maximum absolute atomic E-state index is 13.3. The first-order valence-electron chi connectivity index (χ1n) is 6.56. The van der Waals surface area contributed by atoms with E-state index in [0.717, 1.165) is 24.3 Å². The maximum Gasteiger partial charge on any atom is 0.126 e. The molecule has 2 aromatic rings. The van der Waals surface area contributed by atoms with E-state index < -0.39 is 0 Å². The lowest BCUT2D eigenvalue weighted by molar-refractivity contribution is 0.301. The van der Waals surface area contributed by atoms with Gasteiger partial charge < -0.3 is 10.3 Å². The first-order valence-corrected chi connectivity index (χ1v) is 6.56. The number of hydrogen-bond donors (Lipinski definition) is 1. The Morgan fingerprint density at radius 2 is 2.16 bits per heavy atom. The highest BCUT2D eigenvalue weighted by Gasteiger charge is 2.18. The summed E-state index contributed by atoms with van der Waals surface area (Å²) in [5.41, 5.74) is 7.27. The molecule has 0 saturated carbocycles. The van der Waals surface area contributed by atoms with Gasteiger partial charge in [0.25, 0.3) is 0 Å². The molecule has 1 aromatic heterocycles. The summed E-state index contributed by atoms with van der Waals surface area (Å²) in [7, 11) is 4.02. The summed E-state index contributed by atoms with van der Waals surface area (Å²) in [5, 5.41) is 0. The van der Waals surface area contributed by atoms with Crippen molar-refractivity contribution in [2.45, 2.75) is 25.9 Å². The number of rotatable bonds is 5. The maximum atomic E-state index is 13.3. The minimum absolute atomic E-state index is 0.174. The number of nitrogens with two attached hydrogens (primary N) is 1. The van der Waals surface area contributed by atoms with Crippen LogP contribution in [0.3, 0.4) is 0 Å². The quantitative estimate of drug-likeness (QED) is 0.900. The highest BCUT2D eigenvalue weighted by atomic mass is 19.1. The van der Waals surface area contributed by atoms with E-state index in [1.807, 2.05) is 14.1 Å². The SMILES string of the molecule is CC(c1nc2cc(F)ccc2n1CCCN)N(C)C. The molecule has 2 N–H and O–H groups in total. The summed E-state index contributed by atoms with van der Waals surface area (Å²) in [5.74, 6) is 0.707. The highest BCUT2D eigenvalue weighted by Crippen LogP contribution is 2.24. The summed E-state index contributed by atoms with van der Waals surface area (Å²) in [4.78, 5) is 6.68. The van der Waals surface area contributed by atoms with E-state index in [0.29, 0.717) is 12.1 Å². The van der Waals surface area contributed by atoms with Crippen LogP contribution in [0.5, 0.6) is 0 Å². The number of nitrogens with zero attached hydrogens (tertiary/aromatic N) is 3. The molecule has 0 aliphatic carbocycles. The van der Waals surface area contributed by atoms with Crippen LogP contribution in [0.25, 0.3) is 11.0 Å². The number of hydrogen-bond acceptors (Lipinski definition) is 3. The number of imidazole rings is 1. The molecule has 0 aliphatic heterocycles. The van der Waals surface area contributed by atoms with Crippen molar-refractivity contribution in [1.82, 2.24) is 14.5 Å². The lowest BCUT2D eigenvalue weighted by Gasteiger charge is -2.20. The van der Waals surface area contributed by atoms with E-state index in [2.05, 4.69) is 21.4 Å². The van der Waals surface area contributed by atoms with Gasteiger partial charge in [-0.1, -0.05) is 0 Å². The minimum atomic E-state index is -0.250. The van der Waals surface area contributed by atoms with E-state index in [4.69, 9.17) is 5.73 Å². The van der Waals surface area contributed by atoms with Crippen molar-refractivity contribution in [3.8, 4) is 0 Å². The van der Waals surface area contributed by atoms with E-state index in [9.17, 15) is 4.39 Å². The van der Waals surface area contributed by atoms with Crippen molar-refractivity contribution in [2.24, 2.45) is 5.73 Å². The number of halogens is 1. The van der Waals surface area contributed by atoms with Gasteiger partial charge in [0, 0.05) is 12.6 Å². The van der Waals surface area contributed by atoms with Crippen LogP contribution < -0.4 is 5.73 Å². The molecule has 19 heavy (non-hydrogen) atoms. The number of benzene rings is 1. The van der Waals surface area contributed by atoms with Crippen molar-refractivity contribution >= 4 is 11.0 Å². The predicted molar refractivity (Wildman–Crippen MR) is 75.5 cm³/mol. The number of fused-ring (bicyclic) bond motifs is 1. The Morgan fingerprint density at radius 3 is 2.79 bits per heavy atom. The first-order chi connectivity index (χ1) is 9.04. The molecule has 2 rings (SSSR count). The smallest absolute Gasteiger partial charge is 0.126 e. The first kappa shape index (κ1) is 14.0. The minimum Gasteiger partial charge on any atom is -0.330 e. The van der Waals surface area contributed by atoms with Gasteiger partial charge in [-0.3, -0.25) is 4.90 Å². The van der Waals surface area contributed by atoms with Crippen molar-refractivity contribution in [3.05, 3.63) is 29.8 Å². The zero-order valence-electron chi connectivity index (χ0n) is 11.7. The number of aryl methyl sites for hydroxylation is 1. The lowest BCUT2D eigenvalue weighted by Crippen LogP contribution is -2.21. The summed E-state index contributed by atoms with van der Waals surface area (Å²) < 4.78 is 15.5. The third kappa shape index (κ3) is 2.77. The van der Waals surface area contributed by atoms with Crippen LogP contribution in [0.4, 0.5) is 4.39 Å². The van der Waals surface area contributed by atoms with Crippen LogP contribution in [0.1, 0.15) is 25.2 Å². The fourth-order valence-corrected chi connectivity index (χ4v) is 2.16.